The van der Waals surface area contributed by atoms with Crippen LogP contribution in [0, 0.1) is 28.6 Å². The van der Waals surface area contributed by atoms with E-state index in [1.807, 2.05) is 0 Å². The second-order valence-corrected chi connectivity index (χ2v) is 25.5. The average molecular weight is 1540 g/mol. The summed E-state index contributed by atoms with van der Waals surface area (Å²) in [5.74, 6) is -22.7. The molecule has 584 valence electrons. The SMILES string of the molecule is N#C[C@@H]1CC(F)(F)CN1C(=O)CNC(=O)c1ccnc2c(NC(=O)CCC(=O)NCCCCC(NC(=O)CCC(=O)Nc3cccc4c(C(=O)NCC(=O)N5CC(F)(F)C[C@H]5C#N)ccnc34)C(=O)NC(CCC(=O)O)C(=O)NC(CCC(=O)O)C(=O)NC(CCCCNC(=O)c3ccc([18F])nc3)C(=O)O)cccc12. The van der Waals surface area contributed by atoms with Crippen LogP contribution >= 0.6 is 0 Å². The number of halogens is 5. The van der Waals surface area contributed by atoms with E-state index in [0.29, 0.717) is 9.80 Å². The molecule has 0 saturated carbocycles. The zero-order chi connectivity index (χ0) is 80.4. The van der Waals surface area contributed by atoms with Gasteiger partial charge in [-0.25, -0.2) is 27.3 Å². The number of benzene rings is 2. The number of hydrogen-bond acceptors (Lipinski definition) is 20. The number of likely N-dealkylation sites (tertiary alicyclic amines) is 2. The zero-order valence-corrected chi connectivity index (χ0v) is 58.5. The molecule has 2 aliphatic rings. The molecule has 2 aliphatic heterocycles. The molecular formula is C70H76F5N17O18. The van der Waals surface area contributed by atoms with Gasteiger partial charge < -0.3 is 78.3 Å². The number of aliphatic carboxylic acids is 3. The Hall–Kier alpha value is -12.9. The van der Waals surface area contributed by atoms with Crippen molar-refractivity contribution in [1.29, 1.82) is 10.5 Å². The number of alkyl halides is 4. The van der Waals surface area contributed by atoms with Crippen LogP contribution in [-0.4, -0.2) is 216 Å². The van der Waals surface area contributed by atoms with Crippen LogP contribution in [0.5, 0.6) is 0 Å². The van der Waals surface area contributed by atoms with Crippen LogP contribution in [0.2, 0.25) is 0 Å². The first-order valence-corrected chi connectivity index (χ1v) is 34.3. The van der Waals surface area contributed by atoms with E-state index >= 15 is 0 Å². The van der Waals surface area contributed by atoms with Crippen molar-refractivity contribution < 1.29 is 109 Å². The van der Waals surface area contributed by atoms with Crippen molar-refractivity contribution in [3.63, 3.8) is 0 Å². The molecular weight excluding hydrogens is 1460 g/mol. The highest BCUT2D eigenvalue weighted by molar-refractivity contribution is 6.12. The van der Waals surface area contributed by atoms with Crippen molar-refractivity contribution in [2.45, 2.75) is 151 Å². The van der Waals surface area contributed by atoms with E-state index in [0.717, 1.165) is 12.3 Å². The number of aromatic nitrogens is 3. The Labute approximate surface area is 621 Å². The van der Waals surface area contributed by atoms with Crippen molar-refractivity contribution in [3.05, 3.63) is 102 Å². The molecule has 13 N–H and O–H groups in total. The maximum atomic E-state index is 14.4. The molecule has 4 unspecified atom stereocenters. The molecule has 5 heterocycles. The topological polar surface area (TPSA) is 530 Å². The van der Waals surface area contributed by atoms with Gasteiger partial charge in [-0.3, -0.25) is 77.1 Å². The van der Waals surface area contributed by atoms with Crippen LogP contribution in [0.1, 0.15) is 134 Å². The molecule has 35 nitrogen and oxygen atoms in total. The lowest BCUT2D eigenvalue weighted by atomic mass is 10.0. The van der Waals surface area contributed by atoms with Crippen molar-refractivity contribution >= 4 is 122 Å². The average Bonchev–Trinajstić information content (AvgIpc) is 1.09. The van der Waals surface area contributed by atoms with E-state index in [1.54, 1.807) is 12.1 Å². The summed E-state index contributed by atoms with van der Waals surface area (Å²) in [6.07, 6.45) is -3.50. The van der Waals surface area contributed by atoms with Gasteiger partial charge in [-0.15, -0.1) is 0 Å². The largest absolute Gasteiger partial charge is 0.481 e. The molecule has 2 fully saturated rings. The third-order valence-electron chi connectivity index (χ3n) is 17.3. The number of pyridine rings is 3. The number of nitrogens with one attached hydrogen (secondary N) is 10. The van der Waals surface area contributed by atoms with Gasteiger partial charge in [0.15, 0.2) is 0 Å². The fourth-order valence-corrected chi connectivity index (χ4v) is 11.7. The number of rotatable bonds is 39. The number of fused-ring (bicyclic) bond motifs is 2. The van der Waals surface area contributed by atoms with Crippen LogP contribution in [0.4, 0.5) is 33.3 Å². The molecule has 5 aromatic rings. The van der Waals surface area contributed by atoms with Gasteiger partial charge in [-0.05, 0) is 87.8 Å². The smallest absolute Gasteiger partial charge is 0.326 e. The lowest BCUT2D eigenvalue weighted by Gasteiger charge is -2.26. The Kier molecular flexibility index (Phi) is 30.4. The molecule has 0 bridgehead atoms. The summed E-state index contributed by atoms with van der Waals surface area (Å²) in [5.41, 5.74) is 0.275. The predicted molar refractivity (Wildman–Crippen MR) is 372 cm³/mol. The number of amides is 12. The molecule has 40 heteroatoms. The first-order chi connectivity index (χ1) is 52.2. The first-order valence-electron chi connectivity index (χ1n) is 34.3. The number of anilines is 2. The third-order valence-corrected chi connectivity index (χ3v) is 17.3. The molecule has 0 spiro atoms. The monoisotopic (exact) mass is 1540 g/mol. The number of carbonyl (C=O) groups excluding carboxylic acids is 12. The van der Waals surface area contributed by atoms with E-state index in [2.05, 4.69) is 68.1 Å². The van der Waals surface area contributed by atoms with Gasteiger partial charge in [0.05, 0.1) is 77.4 Å². The first kappa shape index (κ1) is 84.4. The number of carboxylic acid groups (broad SMARTS) is 3. The van der Waals surface area contributed by atoms with Gasteiger partial charge in [0.2, 0.25) is 59.1 Å². The second kappa shape index (κ2) is 39.6. The van der Waals surface area contributed by atoms with Crippen LogP contribution in [-0.2, 0) is 57.5 Å². The van der Waals surface area contributed by atoms with E-state index < -0.39 is 227 Å². The van der Waals surface area contributed by atoms with Gasteiger partial charge in [-0.2, -0.15) is 14.9 Å². The van der Waals surface area contributed by atoms with E-state index in [1.165, 1.54) is 67.0 Å². The van der Waals surface area contributed by atoms with E-state index in [-0.39, 0.29) is 108 Å². The number of carbonyl (C=O) groups is 15. The molecule has 0 aliphatic carbocycles. The number of unbranched alkanes of at least 4 members (excludes halogenated alkanes) is 2. The molecule has 6 atom stereocenters. The predicted octanol–water partition coefficient (Wildman–Crippen LogP) is 2.07. The third kappa shape index (κ3) is 25.1. The summed E-state index contributed by atoms with van der Waals surface area (Å²) >= 11 is 0. The van der Waals surface area contributed by atoms with Crippen LogP contribution in [0.3, 0.4) is 0 Å². The van der Waals surface area contributed by atoms with Gasteiger partial charge in [0.1, 0.15) is 36.3 Å². The molecule has 2 aromatic carbocycles. The van der Waals surface area contributed by atoms with E-state index in [9.17, 15) is 120 Å². The molecule has 2 saturated heterocycles. The lowest BCUT2D eigenvalue weighted by molar-refractivity contribution is -0.143. The van der Waals surface area contributed by atoms with Crippen molar-refractivity contribution in [3.8, 4) is 12.1 Å². The number of para-hydroxylation sites is 2. The van der Waals surface area contributed by atoms with Crippen molar-refractivity contribution in [1.82, 2.24) is 67.3 Å². The summed E-state index contributed by atoms with van der Waals surface area (Å²) in [6, 6.07) is 6.96. The van der Waals surface area contributed by atoms with Gasteiger partial charge in [0, 0.05) is 93.8 Å². The Morgan fingerprint density at radius 3 is 1.35 bits per heavy atom. The maximum absolute atomic E-state index is 14.4. The summed E-state index contributed by atoms with van der Waals surface area (Å²) in [6.45, 7) is -3.57. The van der Waals surface area contributed by atoms with Crippen LogP contribution in [0.25, 0.3) is 21.8 Å². The summed E-state index contributed by atoms with van der Waals surface area (Å²) in [7, 11) is 0. The number of hydrogen-bond donors (Lipinski definition) is 13. The molecule has 12 amide bonds. The summed E-state index contributed by atoms with van der Waals surface area (Å²) in [4.78, 5) is 210. The minimum Gasteiger partial charge on any atom is -0.481 e. The van der Waals surface area contributed by atoms with Crippen LogP contribution in [0.15, 0.2) is 79.3 Å². The molecule has 110 heavy (non-hydrogen) atoms. The highest BCUT2D eigenvalue weighted by atomic mass is 19.3. The van der Waals surface area contributed by atoms with Crippen LogP contribution < -0.4 is 53.2 Å². The van der Waals surface area contributed by atoms with Crippen molar-refractivity contribution in [2.24, 2.45) is 0 Å². The fraction of sp³-hybridized carbons (Fsp3) is 0.429. The quantitative estimate of drug-likeness (QED) is 0.0152. The Morgan fingerprint density at radius 2 is 0.909 bits per heavy atom. The van der Waals surface area contributed by atoms with E-state index in [4.69, 9.17) is 0 Å². The number of nitrogens with zero attached hydrogens (tertiary/aromatic N) is 7. The summed E-state index contributed by atoms with van der Waals surface area (Å²) < 4.78 is 69.3. The fourth-order valence-electron chi connectivity index (χ4n) is 11.7. The Balaban J connectivity index is 0.982. The lowest BCUT2D eigenvalue weighted by Crippen LogP contribution is -2.57. The second-order valence-electron chi connectivity index (χ2n) is 25.5. The highest BCUT2D eigenvalue weighted by Crippen LogP contribution is 2.34. The molecule has 3 aromatic heterocycles. The van der Waals surface area contributed by atoms with Gasteiger partial charge in [0.25, 0.3) is 29.6 Å². The Morgan fingerprint density at radius 1 is 0.482 bits per heavy atom. The minimum absolute atomic E-state index is 0.00583. The summed E-state index contributed by atoms with van der Waals surface area (Å²) in [5, 5.41) is 72.6. The Bertz CT molecular complexity index is 4430. The molecule has 7 rings (SSSR count). The molecule has 0 radical (unpaired) electrons. The standard InChI is InChI=1S/C70H76F5N17O18/c71-51-16-13-38(33-82-51)62(103)81-26-4-2-10-50(68(109)110)90-67(108)49(15-22-59(101)102)89-66(107)48(14-21-58(99)100)88-65(106)47(87-55(96)20-19-54(95)86-46-12-6-8-42-44(24-28-80-61(42)46)64(105)84-35-57(98)92-37-70(74,75)30-40(92)32-77)9-1-3-25-78-52(93)17-18-53(94)85-45-11-5-7-41-43(23-27-79-60(41)45)63(104)83-34-56(97)91-36-69(72,73)29-39(91)31-76/h5-8,11-13,16,23-24,27-28,33,39-40,47-50H,1-4,9-10,14-15,17-22,25-26,29-30,34-37H2,(H,78,93)(H,81,103)(H,83,104)(H,84,105)(H,85,94)(H,86,95)(H,87,96)(H,88,106)(H,89,107)(H,90,108)(H,99,100)(H,101,102)(H,109,110)/t39-,40-,47?,48?,49?,50?/m0/s1/i71-1. The minimum atomic E-state index is -3.31. The number of nitriles is 2. The highest BCUT2D eigenvalue weighted by Gasteiger charge is 2.48. The normalized spacial score (nSPS) is 15.7. The number of carboxylic acids is 3. The van der Waals surface area contributed by atoms with Crippen molar-refractivity contribution in [2.75, 3.05) is 49.9 Å². The zero-order valence-electron chi connectivity index (χ0n) is 58.5. The van der Waals surface area contributed by atoms with Gasteiger partial charge in [-0.1, -0.05) is 24.3 Å². The van der Waals surface area contributed by atoms with Gasteiger partial charge >= 0.3 is 17.9 Å². The maximum Gasteiger partial charge on any atom is 0.326 e.